The summed E-state index contributed by atoms with van der Waals surface area (Å²) in [6, 6.07) is 0. The summed E-state index contributed by atoms with van der Waals surface area (Å²) < 4.78 is 0. The van der Waals surface area contributed by atoms with Crippen LogP contribution in [-0.4, -0.2) is 37.0 Å². The number of hydrogen-bond donors (Lipinski definition) is 1. The lowest BCUT2D eigenvalue weighted by Gasteiger charge is -2.21. The molecule has 0 radical (unpaired) electrons. The van der Waals surface area contributed by atoms with Gasteiger partial charge in [-0.2, -0.15) is 0 Å². The van der Waals surface area contributed by atoms with Gasteiger partial charge in [0, 0.05) is 13.1 Å². The summed E-state index contributed by atoms with van der Waals surface area (Å²) in [7, 11) is 0. The van der Waals surface area contributed by atoms with E-state index in [4.69, 9.17) is 0 Å². The van der Waals surface area contributed by atoms with Gasteiger partial charge in [-0.25, -0.2) is 0 Å². The van der Waals surface area contributed by atoms with Crippen LogP contribution in [0.3, 0.4) is 0 Å². The number of nitrogens with zero attached hydrogens (tertiary/aromatic N) is 1. The molecule has 0 aromatic carbocycles. The minimum Gasteiger partial charge on any atom is -0.338 e. The minimum atomic E-state index is 0.182. The SMILES string of the molecule is C=C(C)CN(CC)C(=O)CNCC1CC1. The van der Waals surface area contributed by atoms with Gasteiger partial charge in [-0.05, 0) is 39.2 Å². The van der Waals surface area contributed by atoms with Crippen molar-refractivity contribution in [3.63, 3.8) is 0 Å². The van der Waals surface area contributed by atoms with Crippen molar-refractivity contribution in [2.45, 2.75) is 26.7 Å². The number of hydrogen-bond acceptors (Lipinski definition) is 2. The van der Waals surface area contributed by atoms with Gasteiger partial charge < -0.3 is 10.2 Å². The molecule has 1 saturated carbocycles. The minimum absolute atomic E-state index is 0.182. The average Bonchev–Trinajstić information content (AvgIpc) is 2.97. The van der Waals surface area contributed by atoms with Crippen LogP contribution in [0.15, 0.2) is 12.2 Å². The fourth-order valence-electron chi connectivity index (χ4n) is 1.52. The van der Waals surface area contributed by atoms with Gasteiger partial charge in [0.15, 0.2) is 0 Å². The van der Waals surface area contributed by atoms with Crippen LogP contribution in [0.5, 0.6) is 0 Å². The van der Waals surface area contributed by atoms with Gasteiger partial charge in [-0.1, -0.05) is 12.2 Å². The van der Waals surface area contributed by atoms with E-state index in [0.717, 1.165) is 24.6 Å². The normalized spacial score (nSPS) is 15.1. The van der Waals surface area contributed by atoms with Crippen molar-refractivity contribution in [1.29, 1.82) is 0 Å². The van der Waals surface area contributed by atoms with E-state index in [-0.39, 0.29) is 5.91 Å². The van der Waals surface area contributed by atoms with Crippen LogP contribution in [0.4, 0.5) is 0 Å². The Balaban J connectivity index is 2.18. The molecule has 86 valence electrons. The van der Waals surface area contributed by atoms with Crippen LogP contribution in [0, 0.1) is 5.92 Å². The molecule has 1 rings (SSSR count). The van der Waals surface area contributed by atoms with Gasteiger partial charge in [-0.3, -0.25) is 4.79 Å². The molecule has 1 amide bonds. The molecule has 15 heavy (non-hydrogen) atoms. The summed E-state index contributed by atoms with van der Waals surface area (Å²) >= 11 is 0. The highest BCUT2D eigenvalue weighted by Crippen LogP contribution is 2.27. The van der Waals surface area contributed by atoms with Crippen LogP contribution < -0.4 is 5.32 Å². The second kappa shape index (κ2) is 5.91. The fourth-order valence-corrected chi connectivity index (χ4v) is 1.52. The predicted octanol–water partition coefficient (Wildman–Crippen LogP) is 1.41. The summed E-state index contributed by atoms with van der Waals surface area (Å²) in [6.07, 6.45) is 2.65. The van der Waals surface area contributed by atoms with Crippen molar-refractivity contribution in [1.82, 2.24) is 10.2 Å². The first-order valence-corrected chi connectivity index (χ1v) is 5.76. The third kappa shape index (κ3) is 4.98. The van der Waals surface area contributed by atoms with E-state index < -0.39 is 0 Å². The Hall–Kier alpha value is -0.830. The highest BCUT2D eigenvalue weighted by Gasteiger charge is 2.21. The van der Waals surface area contributed by atoms with Crippen molar-refractivity contribution in [3.8, 4) is 0 Å². The first-order valence-electron chi connectivity index (χ1n) is 5.76. The largest absolute Gasteiger partial charge is 0.338 e. The molecule has 0 aromatic rings. The first-order chi connectivity index (χ1) is 7.13. The van der Waals surface area contributed by atoms with Crippen molar-refractivity contribution in [2.24, 2.45) is 5.92 Å². The zero-order chi connectivity index (χ0) is 11.3. The van der Waals surface area contributed by atoms with Gasteiger partial charge in [0.1, 0.15) is 0 Å². The summed E-state index contributed by atoms with van der Waals surface area (Å²) in [6.45, 7) is 10.7. The maximum Gasteiger partial charge on any atom is 0.236 e. The van der Waals surface area contributed by atoms with E-state index in [1.807, 2.05) is 18.7 Å². The molecule has 1 fully saturated rings. The second-order valence-electron chi connectivity index (χ2n) is 4.44. The van der Waals surface area contributed by atoms with E-state index >= 15 is 0 Å². The number of rotatable bonds is 7. The van der Waals surface area contributed by atoms with Crippen molar-refractivity contribution in [2.75, 3.05) is 26.2 Å². The van der Waals surface area contributed by atoms with Crippen molar-refractivity contribution in [3.05, 3.63) is 12.2 Å². The molecule has 0 saturated heterocycles. The molecule has 3 heteroatoms. The molecule has 1 N–H and O–H groups in total. The molecule has 0 atom stereocenters. The lowest BCUT2D eigenvalue weighted by atomic mass is 10.3. The Kier molecular flexibility index (Phi) is 4.82. The second-order valence-corrected chi connectivity index (χ2v) is 4.44. The molecule has 3 nitrogen and oxygen atoms in total. The zero-order valence-electron chi connectivity index (χ0n) is 9.88. The molecule has 0 heterocycles. The van der Waals surface area contributed by atoms with E-state index in [0.29, 0.717) is 13.1 Å². The summed E-state index contributed by atoms with van der Waals surface area (Å²) in [5, 5.41) is 3.21. The van der Waals surface area contributed by atoms with Crippen LogP contribution in [0.25, 0.3) is 0 Å². The van der Waals surface area contributed by atoms with Gasteiger partial charge >= 0.3 is 0 Å². The molecule has 0 bridgehead atoms. The molecular weight excluding hydrogens is 188 g/mol. The summed E-state index contributed by atoms with van der Waals surface area (Å²) in [5.74, 6) is 1.01. The Bertz CT molecular complexity index is 234. The Morgan fingerprint density at radius 3 is 2.67 bits per heavy atom. The smallest absolute Gasteiger partial charge is 0.236 e. The molecule has 1 aliphatic carbocycles. The van der Waals surface area contributed by atoms with Gasteiger partial charge in [0.2, 0.25) is 5.91 Å². The Morgan fingerprint density at radius 1 is 1.53 bits per heavy atom. The maximum atomic E-state index is 11.7. The number of nitrogens with one attached hydrogen (secondary N) is 1. The van der Waals surface area contributed by atoms with Crippen molar-refractivity contribution < 1.29 is 4.79 Å². The lowest BCUT2D eigenvalue weighted by Crippen LogP contribution is -2.39. The van der Waals surface area contributed by atoms with E-state index in [9.17, 15) is 4.79 Å². The van der Waals surface area contributed by atoms with Gasteiger partial charge in [0.25, 0.3) is 0 Å². The third-order valence-corrected chi connectivity index (χ3v) is 2.60. The Labute approximate surface area is 92.5 Å². The summed E-state index contributed by atoms with van der Waals surface area (Å²) in [4.78, 5) is 13.6. The molecular formula is C12H22N2O. The van der Waals surface area contributed by atoms with Crippen LogP contribution in [0.2, 0.25) is 0 Å². The highest BCUT2D eigenvalue weighted by atomic mass is 16.2. The fraction of sp³-hybridized carbons (Fsp3) is 0.750. The predicted molar refractivity (Wildman–Crippen MR) is 62.7 cm³/mol. The average molecular weight is 210 g/mol. The van der Waals surface area contributed by atoms with Gasteiger partial charge in [-0.15, -0.1) is 0 Å². The van der Waals surface area contributed by atoms with E-state index in [2.05, 4.69) is 11.9 Å². The van der Waals surface area contributed by atoms with E-state index in [1.165, 1.54) is 12.8 Å². The molecule has 0 aliphatic heterocycles. The monoisotopic (exact) mass is 210 g/mol. The van der Waals surface area contributed by atoms with Crippen molar-refractivity contribution >= 4 is 5.91 Å². The van der Waals surface area contributed by atoms with E-state index in [1.54, 1.807) is 0 Å². The number of likely N-dealkylation sites (N-methyl/N-ethyl adjacent to an activating group) is 1. The van der Waals surface area contributed by atoms with Gasteiger partial charge in [0.05, 0.1) is 6.54 Å². The number of carbonyl (C=O) groups excluding carboxylic acids is 1. The molecule has 0 spiro atoms. The molecule has 0 unspecified atom stereocenters. The quantitative estimate of drug-likeness (QED) is 0.644. The maximum absolute atomic E-state index is 11.7. The topological polar surface area (TPSA) is 32.3 Å². The van der Waals surface area contributed by atoms with Crippen LogP contribution in [-0.2, 0) is 4.79 Å². The number of amides is 1. The zero-order valence-corrected chi connectivity index (χ0v) is 9.88. The molecule has 1 aliphatic rings. The molecule has 0 aromatic heterocycles. The van der Waals surface area contributed by atoms with Crippen LogP contribution >= 0.6 is 0 Å². The summed E-state index contributed by atoms with van der Waals surface area (Å²) in [5.41, 5.74) is 1.03. The first kappa shape index (κ1) is 12.2. The van der Waals surface area contributed by atoms with Crippen LogP contribution in [0.1, 0.15) is 26.7 Å². The number of carbonyl (C=O) groups is 1. The highest BCUT2D eigenvalue weighted by molar-refractivity contribution is 5.78. The third-order valence-electron chi connectivity index (χ3n) is 2.60. The lowest BCUT2D eigenvalue weighted by molar-refractivity contribution is -0.129. The standard InChI is InChI=1S/C12H22N2O/c1-4-14(9-10(2)3)12(15)8-13-7-11-5-6-11/h11,13H,2,4-9H2,1,3H3. The Morgan fingerprint density at radius 2 is 2.20 bits per heavy atom.